The predicted octanol–water partition coefficient (Wildman–Crippen LogP) is 1.11. The van der Waals surface area contributed by atoms with Gasteiger partial charge in [-0.1, -0.05) is 0 Å². The number of thiazole rings is 1. The van der Waals surface area contributed by atoms with Crippen molar-refractivity contribution in [3.8, 4) is 0 Å². The molecule has 0 saturated heterocycles. The van der Waals surface area contributed by atoms with Crippen LogP contribution >= 0.6 is 11.3 Å². The lowest BCUT2D eigenvalue weighted by molar-refractivity contribution is 0.0997. The molecule has 27 heavy (non-hydrogen) atoms. The van der Waals surface area contributed by atoms with Gasteiger partial charge in [-0.3, -0.25) is 4.79 Å². The first kappa shape index (κ1) is 21.5. The Kier molecular flexibility index (Phi) is 7.87. The van der Waals surface area contributed by atoms with E-state index in [4.69, 9.17) is 9.47 Å². The largest absolute Gasteiger partial charge is 0.383 e. The van der Waals surface area contributed by atoms with Gasteiger partial charge in [0.15, 0.2) is 4.80 Å². The van der Waals surface area contributed by atoms with Gasteiger partial charge in [0, 0.05) is 51.5 Å². The second-order valence-electron chi connectivity index (χ2n) is 5.63. The summed E-state index contributed by atoms with van der Waals surface area (Å²) in [6.07, 6.45) is 1.81. The quantitative estimate of drug-likeness (QED) is 0.614. The van der Waals surface area contributed by atoms with E-state index < -0.39 is 15.9 Å². The Bertz CT molecular complexity index is 909. The van der Waals surface area contributed by atoms with E-state index in [0.29, 0.717) is 10.4 Å². The van der Waals surface area contributed by atoms with Gasteiger partial charge in [-0.25, -0.2) is 8.42 Å². The summed E-state index contributed by atoms with van der Waals surface area (Å²) < 4.78 is 38.7. The maximum Gasteiger partial charge on any atom is 0.279 e. The molecular formula is C17H23N3O5S2. The van der Waals surface area contributed by atoms with E-state index >= 15 is 0 Å². The monoisotopic (exact) mass is 413 g/mol. The standard InChI is InChI=1S/C17H23N3O5S2/c1-19-10-13-26-17(19)18-16(21)14-4-6-15(7-5-14)27(22,23)20(8-11-24-2)9-12-25-3/h4-7,10,13H,8-9,11-12H2,1-3H3. The molecule has 0 fully saturated rings. The number of carbonyl (C=O) groups is 1. The summed E-state index contributed by atoms with van der Waals surface area (Å²) in [6.45, 7) is 0.979. The number of aromatic nitrogens is 1. The Morgan fingerprint density at radius 1 is 1.15 bits per heavy atom. The van der Waals surface area contributed by atoms with E-state index in [9.17, 15) is 13.2 Å². The van der Waals surface area contributed by atoms with E-state index in [0.717, 1.165) is 0 Å². The number of hydrogen-bond acceptors (Lipinski definition) is 6. The molecular weight excluding hydrogens is 390 g/mol. The van der Waals surface area contributed by atoms with Gasteiger partial charge in [-0.15, -0.1) is 11.3 Å². The molecule has 8 nitrogen and oxygen atoms in total. The number of benzene rings is 1. The van der Waals surface area contributed by atoms with Crippen LogP contribution in [0, 0.1) is 0 Å². The van der Waals surface area contributed by atoms with E-state index in [-0.39, 0.29) is 31.2 Å². The lowest BCUT2D eigenvalue weighted by Gasteiger charge is -2.21. The number of ether oxygens (including phenoxy) is 2. The fourth-order valence-corrected chi connectivity index (χ4v) is 4.38. The van der Waals surface area contributed by atoms with Crippen molar-refractivity contribution >= 4 is 27.3 Å². The van der Waals surface area contributed by atoms with Gasteiger partial charge >= 0.3 is 0 Å². The molecule has 0 atom stereocenters. The van der Waals surface area contributed by atoms with Gasteiger partial charge in [0.05, 0.1) is 18.1 Å². The smallest absolute Gasteiger partial charge is 0.279 e. The van der Waals surface area contributed by atoms with Crippen LogP contribution < -0.4 is 4.80 Å². The van der Waals surface area contributed by atoms with Crippen LogP contribution in [-0.4, -0.2) is 63.7 Å². The van der Waals surface area contributed by atoms with Crippen LogP contribution in [0.3, 0.4) is 0 Å². The van der Waals surface area contributed by atoms with Crippen molar-refractivity contribution in [2.45, 2.75) is 4.90 Å². The highest BCUT2D eigenvalue weighted by atomic mass is 32.2. The minimum absolute atomic E-state index is 0.105. The van der Waals surface area contributed by atoms with Gasteiger partial charge in [-0.2, -0.15) is 9.30 Å². The minimum Gasteiger partial charge on any atom is -0.383 e. The molecule has 0 N–H and O–H groups in total. The molecule has 2 rings (SSSR count). The number of nitrogens with zero attached hydrogens (tertiary/aromatic N) is 3. The maximum absolute atomic E-state index is 12.8. The Labute approximate surface area is 162 Å². The molecule has 1 aromatic heterocycles. The number of hydrogen-bond donors (Lipinski definition) is 0. The lowest BCUT2D eigenvalue weighted by atomic mass is 10.2. The first-order valence-corrected chi connectivity index (χ1v) is 10.5. The van der Waals surface area contributed by atoms with Crippen LogP contribution in [0.15, 0.2) is 45.7 Å². The van der Waals surface area contributed by atoms with Gasteiger partial charge in [-0.05, 0) is 24.3 Å². The van der Waals surface area contributed by atoms with Gasteiger partial charge < -0.3 is 14.0 Å². The molecule has 0 unspecified atom stereocenters. The normalized spacial score (nSPS) is 12.7. The molecule has 1 aromatic carbocycles. The first-order valence-electron chi connectivity index (χ1n) is 8.17. The highest BCUT2D eigenvalue weighted by molar-refractivity contribution is 7.89. The lowest BCUT2D eigenvalue weighted by Crippen LogP contribution is -2.36. The zero-order chi connectivity index (χ0) is 19.9. The van der Waals surface area contributed by atoms with E-state index in [1.54, 1.807) is 17.8 Å². The minimum atomic E-state index is -3.72. The molecule has 0 saturated carbocycles. The number of methoxy groups -OCH3 is 2. The summed E-state index contributed by atoms with van der Waals surface area (Å²) in [6, 6.07) is 5.77. The fourth-order valence-electron chi connectivity index (χ4n) is 2.24. The third-order valence-corrected chi connectivity index (χ3v) is 6.55. The summed E-state index contributed by atoms with van der Waals surface area (Å²) in [4.78, 5) is 17.0. The van der Waals surface area contributed by atoms with Gasteiger partial charge in [0.25, 0.3) is 5.91 Å². The van der Waals surface area contributed by atoms with Crippen molar-refractivity contribution in [2.75, 3.05) is 40.5 Å². The van der Waals surface area contributed by atoms with E-state index in [1.165, 1.54) is 54.1 Å². The highest BCUT2D eigenvalue weighted by Crippen LogP contribution is 2.17. The molecule has 148 valence electrons. The van der Waals surface area contributed by atoms with E-state index in [1.807, 2.05) is 5.38 Å². The summed E-state index contributed by atoms with van der Waals surface area (Å²) >= 11 is 1.35. The SMILES string of the molecule is COCCN(CCOC)S(=O)(=O)c1ccc(C(=O)N=c2sccn2C)cc1. The van der Waals surface area contributed by atoms with Crippen LogP contribution in [0.2, 0.25) is 0 Å². The summed E-state index contributed by atoms with van der Waals surface area (Å²) in [5.41, 5.74) is 0.322. The molecule has 2 aromatic rings. The van der Waals surface area contributed by atoms with Crippen LogP contribution in [0.25, 0.3) is 0 Å². The molecule has 0 aliphatic rings. The summed E-state index contributed by atoms with van der Waals surface area (Å²) in [5.74, 6) is -0.423. The summed E-state index contributed by atoms with van der Waals surface area (Å²) in [7, 11) is 1.11. The molecule has 0 bridgehead atoms. The van der Waals surface area contributed by atoms with E-state index in [2.05, 4.69) is 4.99 Å². The number of rotatable bonds is 9. The average Bonchev–Trinajstić information content (AvgIpc) is 3.06. The second kappa shape index (κ2) is 9.90. The third kappa shape index (κ3) is 5.56. The predicted molar refractivity (Wildman–Crippen MR) is 102 cm³/mol. The molecule has 0 radical (unpaired) electrons. The Hall–Kier alpha value is -1.85. The second-order valence-corrected chi connectivity index (χ2v) is 8.44. The molecule has 1 heterocycles. The maximum atomic E-state index is 12.8. The van der Waals surface area contributed by atoms with Gasteiger partial charge in [0.1, 0.15) is 0 Å². The highest BCUT2D eigenvalue weighted by Gasteiger charge is 2.24. The number of amides is 1. The Balaban J connectivity index is 2.23. The Morgan fingerprint density at radius 2 is 1.74 bits per heavy atom. The van der Waals surface area contributed by atoms with Crippen LogP contribution in [0.4, 0.5) is 0 Å². The average molecular weight is 414 g/mol. The van der Waals surface area contributed by atoms with Crippen molar-refractivity contribution < 1.29 is 22.7 Å². The summed E-state index contributed by atoms with van der Waals surface area (Å²) in [5, 5.41) is 1.83. The molecule has 0 aliphatic heterocycles. The zero-order valence-corrected chi connectivity index (χ0v) is 17.1. The zero-order valence-electron chi connectivity index (χ0n) is 15.5. The number of carbonyl (C=O) groups excluding carboxylic acids is 1. The van der Waals surface area contributed by atoms with Crippen molar-refractivity contribution in [2.24, 2.45) is 12.0 Å². The van der Waals surface area contributed by atoms with Crippen molar-refractivity contribution in [3.63, 3.8) is 0 Å². The first-order chi connectivity index (χ1) is 12.9. The number of sulfonamides is 1. The van der Waals surface area contributed by atoms with Crippen molar-refractivity contribution in [1.82, 2.24) is 8.87 Å². The van der Waals surface area contributed by atoms with Crippen LogP contribution in [0.1, 0.15) is 10.4 Å². The molecule has 0 aliphatic carbocycles. The molecule has 10 heteroatoms. The van der Waals surface area contributed by atoms with Crippen LogP contribution in [-0.2, 0) is 26.5 Å². The fraction of sp³-hybridized carbons (Fsp3) is 0.412. The Morgan fingerprint density at radius 3 is 2.22 bits per heavy atom. The topological polar surface area (TPSA) is 90.2 Å². The van der Waals surface area contributed by atoms with Gasteiger partial charge in [0.2, 0.25) is 10.0 Å². The number of aryl methyl sites for hydroxylation is 1. The van der Waals surface area contributed by atoms with Crippen molar-refractivity contribution in [3.05, 3.63) is 46.2 Å². The molecule has 0 spiro atoms. The van der Waals surface area contributed by atoms with Crippen molar-refractivity contribution in [1.29, 1.82) is 0 Å². The van der Waals surface area contributed by atoms with Crippen LogP contribution in [0.5, 0.6) is 0 Å². The molecule has 1 amide bonds. The third-order valence-electron chi connectivity index (χ3n) is 3.79.